The van der Waals surface area contributed by atoms with E-state index in [0.29, 0.717) is 23.9 Å². The van der Waals surface area contributed by atoms with Gasteiger partial charge in [0, 0.05) is 12.6 Å². The minimum atomic E-state index is -0.210. The first-order valence-corrected chi connectivity index (χ1v) is 5.82. The molecule has 0 aromatic rings. The van der Waals surface area contributed by atoms with Crippen molar-refractivity contribution in [2.75, 3.05) is 19.8 Å². The number of halogens is 1. The van der Waals surface area contributed by atoms with Crippen LogP contribution in [0.4, 0.5) is 4.39 Å². The normalized spacial score (nSPS) is 35.1. The third-order valence-corrected chi connectivity index (χ3v) is 4.35. The summed E-state index contributed by atoms with van der Waals surface area (Å²) < 4.78 is 12.4. The summed E-state index contributed by atoms with van der Waals surface area (Å²) in [5.74, 6) is 0.680. The lowest BCUT2D eigenvalue weighted by atomic mass is 9.68. The fourth-order valence-electron chi connectivity index (χ4n) is 2.67. The molecule has 0 bridgehead atoms. The van der Waals surface area contributed by atoms with E-state index >= 15 is 0 Å². The van der Waals surface area contributed by atoms with Gasteiger partial charge in [-0.05, 0) is 37.6 Å². The van der Waals surface area contributed by atoms with Gasteiger partial charge < -0.3 is 0 Å². The van der Waals surface area contributed by atoms with E-state index in [-0.39, 0.29) is 6.67 Å². The second kappa shape index (κ2) is 4.61. The molecule has 1 saturated heterocycles. The maximum absolute atomic E-state index is 12.4. The first-order chi connectivity index (χ1) is 6.52. The summed E-state index contributed by atoms with van der Waals surface area (Å²) in [4.78, 5) is 2.31. The minimum Gasteiger partial charge on any atom is -0.298 e. The lowest BCUT2D eigenvalue weighted by molar-refractivity contribution is 0.000448. The van der Waals surface area contributed by atoms with Gasteiger partial charge in [0.1, 0.15) is 6.67 Å². The third-order valence-electron chi connectivity index (χ3n) is 4.35. The highest BCUT2D eigenvalue weighted by Crippen LogP contribution is 2.41. The topological polar surface area (TPSA) is 3.24 Å². The largest absolute Gasteiger partial charge is 0.298 e. The fraction of sp³-hybridized carbons (Fsp3) is 1.00. The van der Waals surface area contributed by atoms with Gasteiger partial charge in [0.05, 0.1) is 0 Å². The number of hydrogen-bond acceptors (Lipinski definition) is 1. The van der Waals surface area contributed by atoms with Crippen molar-refractivity contribution < 1.29 is 4.39 Å². The highest BCUT2D eigenvalue weighted by atomic mass is 19.1. The summed E-state index contributed by atoms with van der Waals surface area (Å²) in [7, 11) is 0. The van der Waals surface area contributed by atoms with Gasteiger partial charge in [0.15, 0.2) is 0 Å². The Kier molecular flexibility index (Phi) is 3.94. The van der Waals surface area contributed by atoms with Gasteiger partial charge in [-0.3, -0.25) is 4.90 Å². The molecule has 1 fully saturated rings. The van der Waals surface area contributed by atoms with Crippen LogP contribution in [0.2, 0.25) is 0 Å². The summed E-state index contributed by atoms with van der Waals surface area (Å²) in [6.07, 6.45) is 2.51. The number of nitrogens with zero attached hydrogens (tertiary/aromatic N) is 1. The van der Waals surface area contributed by atoms with Crippen LogP contribution in [0.5, 0.6) is 0 Å². The Balaban J connectivity index is 2.69. The second-order valence-corrected chi connectivity index (χ2v) is 5.16. The molecule has 0 unspecified atom stereocenters. The van der Waals surface area contributed by atoms with Crippen LogP contribution in [0.1, 0.15) is 40.5 Å². The van der Waals surface area contributed by atoms with Gasteiger partial charge in [0.2, 0.25) is 0 Å². The van der Waals surface area contributed by atoms with E-state index in [2.05, 4.69) is 32.6 Å². The van der Waals surface area contributed by atoms with Crippen LogP contribution in [-0.2, 0) is 0 Å². The second-order valence-electron chi connectivity index (χ2n) is 5.16. The number of hydrogen-bond donors (Lipinski definition) is 0. The highest BCUT2D eigenvalue weighted by molar-refractivity contribution is 4.92. The molecule has 84 valence electrons. The zero-order chi connectivity index (χ0) is 10.8. The lowest BCUT2D eigenvalue weighted by Gasteiger charge is -2.49. The quantitative estimate of drug-likeness (QED) is 0.678. The number of alkyl halides is 1. The van der Waals surface area contributed by atoms with Gasteiger partial charge in [-0.2, -0.15) is 0 Å². The fourth-order valence-corrected chi connectivity index (χ4v) is 2.67. The van der Waals surface area contributed by atoms with Crippen molar-refractivity contribution in [3.8, 4) is 0 Å². The standard InChI is InChI=1S/C12H24FN/c1-10(2)12(4)6-5-8-14(9-7-13)11(12)3/h10-11H,5-9H2,1-4H3/t11-,12-/m0/s1. The molecule has 1 rings (SSSR count). The summed E-state index contributed by atoms with van der Waals surface area (Å²) >= 11 is 0. The first-order valence-electron chi connectivity index (χ1n) is 5.82. The summed E-state index contributed by atoms with van der Waals surface area (Å²) in [5.41, 5.74) is 0.368. The molecule has 1 nitrogen and oxygen atoms in total. The number of rotatable bonds is 3. The Bertz CT molecular complexity index is 179. The Morgan fingerprint density at radius 3 is 2.64 bits per heavy atom. The molecule has 0 radical (unpaired) electrons. The average molecular weight is 201 g/mol. The van der Waals surface area contributed by atoms with E-state index in [1.54, 1.807) is 0 Å². The molecule has 2 atom stereocenters. The van der Waals surface area contributed by atoms with Crippen LogP contribution in [0.15, 0.2) is 0 Å². The van der Waals surface area contributed by atoms with Crippen molar-refractivity contribution in [2.24, 2.45) is 11.3 Å². The molecule has 0 aromatic carbocycles. The summed E-state index contributed by atoms with van der Waals surface area (Å²) in [6, 6.07) is 0.520. The molecule has 0 amide bonds. The predicted molar refractivity (Wildman–Crippen MR) is 59.2 cm³/mol. The van der Waals surface area contributed by atoms with Gasteiger partial charge in [-0.1, -0.05) is 20.8 Å². The molecule has 0 aliphatic carbocycles. The van der Waals surface area contributed by atoms with E-state index < -0.39 is 0 Å². The summed E-state index contributed by atoms with van der Waals surface area (Å²) in [5, 5.41) is 0. The van der Waals surface area contributed by atoms with Gasteiger partial charge in [-0.25, -0.2) is 4.39 Å². The molecule has 0 N–H and O–H groups in total. The molecule has 1 aliphatic rings. The Morgan fingerprint density at radius 2 is 2.14 bits per heavy atom. The van der Waals surface area contributed by atoms with Crippen molar-refractivity contribution in [3.05, 3.63) is 0 Å². The Morgan fingerprint density at radius 1 is 1.50 bits per heavy atom. The molecule has 0 saturated carbocycles. The van der Waals surface area contributed by atoms with Crippen LogP contribution in [0.3, 0.4) is 0 Å². The molecule has 0 spiro atoms. The van der Waals surface area contributed by atoms with Gasteiger partial charge in [0.25, 0.3) is 0 Å². The lowest BCUT2D eigenvalue weighted by Crippen LogP contribution is -2.52. The van der Waals surface area contributed by atoms with Crippen molar-refractivity contribution >= 4 is 0 Å². The summed E-state index contributed by atoms with van der Waals surface area (Å²) in [6.45, 7) is 10.7. The van der Waals surface area contributed by atoms with Crippen molar-refractivity contribution in [1.82, 2.24) is 4.90 Å². The van der Waals surface area contributed by atoms with Gasteiger partial charge >= 0.3 is 0 Å². The van der Waals surface area contributed by atoms with Crippen LogP contribution in [0.25, 0.3) is 0 Å². The van der Waals surface area contributed by atoms with Crippen molar-refractivity contribution in [3.63, 3.8) is 0 Å². The smallest absolute Gasteiger partial charge is 0.102 e. The van der Waals surface area contributed by atoms with Crippen LogP contribution in [0, 0.1) is 11.3 Å². The first kappa shape index (κ1) is 12.0. The van der Waals surface area contributed by atoms with Crippen LogP contribution in [-0.4, -0.2) is 30.7 Å². The average Bonchev–Trinajstić information content (AvgIpc) is 2.13. The molecule has 1 heterocycles. The molecule has 0 aromatic heterocycles. The van der Waals surface area contributed by atoms with E-state index in [4.69, 9.17) is 0 Å². The zero-order valence-corrected chi connectivity index (χ0v) is 10.0. The molecular weight excluding hydrogens is 177 g/mol. The van der Waals surface area contributed by atoms with Crippen LogP contribution >= 0.6 is 0 Å². The molecular formula is C12H24FN. The zero-order valence-electron chi connectivity index (χ0n) is 10.0. The van der Waals surface area contributed by atoms with E-state index in [1.807, 2.05) is 0 Å². The van der Waals surface area contributed by atoms with E-state index in [9.17, 15) is 4.39 Å². The van der Waals surface area contributed by atoms with Crippen molar-refractivity contribution in [2.45, 2.75) is 46.6 Å². The van der Waals surface area contributed by atoms with E-state index in [0.717, 1.165) is 6.54 Å². The van der Waals surface area contributed by atoms with E-state index in [1.165, 1.54) is 12.8 Å². The number of likely N-dealkylation sites (tertiary alicyclic amines) is 1. The molecule has 2 heteroatoms. The maximum Gasteiger partial charge on any atom is 0.102 e. The Hall–Kier alpha value is -0.110. The predicted octanol–water partition coefficient (Wildman–Crippen LogP) is 3.10. The van der Waals surface area contributed by atoms with Crippen molar-refractivity contribution in [1.29, 1.82) is 0 Å². The monoisotopic (exact) mass is 201 g/mol. The SMILES string of the molecule is CC(C)[C@]1(C)CCCN(CCF)[C@H]1C. The molecule has 1 aliphatic heterocycles. The maximum atomic E-state index is 12.4. The third kappa shape index (κ3) is 2.10. The Labute approximate surface area is 87.7 Å². The van der Waals surface area contributed by atoms with Gasteiger partial charge in [-0.15, -0.1) is 0 Å². The minimum absolute atomic E-state index is 0.210. The highest BCUT2D eigenvalue weighted by Gasteiger charge is 2.39. The number of piperidine rings is 1. The van der Waals surface area contributed by atoms with Crippen LogP contribution < -0.4 is 0 Å². The molecule has 14 heavy (non-hydrogen) atoms.